The number of anilines is 1. The van der Waals surface area contributed by atoms with Crippen LogP contribution in [0.1, 0.15) is 40.9 Å². The lowest BCUT2D eigenvalue weighted by Crippen LogP contribution is -2.36. The Kier molecular flexibility index (Phi) is 6.52. The van der Waals surface area contributed by atoms with Crippen LogP contribution in [0.15, 0.2) is 36.5 Å². The number of hydrogen-bond donors (Lipinski definition) is 2. The van der Waals surface area contributed by atoms with E-state index >= 15 is 0 Å². The summed E-state index contributed by atoms with van der Waals surface area (Å²) in [6, 6.07) is 9.78. The summed E-state index contributed by atoms with van der Waals surface area (Å²) in [5.74, 6) is 5.92. The molecule has 2 aromatic rings. The molecule has 0 fully saturated rings. The van der Waals surface area contributed by atoms with Gasteiger partial charge in [0.05, 0.1) is 11.3 Å². The van der Waals surface area contributed by atoms with Crippen LogP contribution in [0.5, 0.6) is 0 Å². The Morgan fingerprint density at radius 3 is 2.85 bits per heavy atom. The van der Waals surface area contributed by atoms with Crippen molar-refractivity contribution in [2.24, 2.45) is 5.73 Å². The summed E-state index contributed by atoms with van der Waals surface area (Å²) in [6.45, 7) is 2.53. The van der Waals surface area contributed by atoms with Crippen molar-refractivity contribution in [3.63, 3.8) is 0 Å². The van der Waals surface area contributed by atoms with Crippen LogP contribution in [0.3, 0.4) is 0 Å². The molecule has 0 bridgehead atoms. The SMILES string of the molecule is Cc1cc(NCC2(c3cccc(Cl)c3)CC#CCC2)c(C(N)=O)cn1.Cl. The molecule has 0 aliphatic heterocycles. The number of nitrogens with one attached hydrogen (secondary N) is 1. The second kappa shape index (κ2) is 8.44. The second-order valence-corrected chi connectivity index (χ2v) is 6.85. The van der Waals surface area contributed by atoms with Crippen LogP contribution in [0.25, 0.3) is 0 Å². The second-order valence-electron chi connectivity index (χ2n) is 6.41. The number of nitrogens with two attached hydrogens (primary N) is 1. The van der Waals surface area contributed by atoms with Crippen molar-refractivity contribution in [1.82, 2.24) is 4.98 Å². The third-order valence-corrected chi connectivity index (χ3v) is 4.88. The number of rotatable bonds is 5. The standard InChI is InChI=1S/C20H20ClN3O.ClH/c1-14-10-18(17(12-23-14)19(22)25)24-13-20(8-3-2-4-9-20)15-6-5-7-16(21)11-15;/h5-7,10-12H,3,8-9,13H2,1H3,(H2,22,25)(H,23,24);1H. The Morgan fingerprint density at radius 1 is 1.38 bits per heavy atom. The van der Waals surface area contributed by atoms with Crippen LogP contribution in [-0.2, 0) is 5.41 Å². The highest BCUT2D eigenvalue weighted by molar-refractivity contribution is 6.30. The first kappa shape index (κ1) is 20.1. The number of aryl methyl sites for hydroxylation is 1. The van der Waals surface area contributed by atoms with Gasteiger partial charge in [-0.1, -0.05) is 23.7 Å². The minimum atomic E-state index is -0.491. The molecule has 0 saturated heterocycles. The molecular formula is C20H21Cl2N3O. The lowest BCUT2D eigenvalue weighted by Gasteiger charge is -2.35. The predicted octanol–water partition coefficient (Wildman–Crippen LogP) is 4.10. The number of amides is 1. The van der Waals surface area contributed by atoms with Gasteiger partial charge in [-0.25, -0.2) is 0 Å². The first-order valence-corrected chi connectivity index (χ1v) is 8.60. The number of halogens is 2. The monoisotopic (exact) mass is 389 g/mol. The van der Waals surface area contributed by atoms with Crippen LogP contribution in [0, 0.1) is 18.8 Å². The number of carbonyl (C=O) groups is 1. The maximum absolute atomic E-state index is 11.7. The summed E-state index contributed by atoms with van der Waals surface area (Å²) in [7, 11) is 0. The van der Waals surface area contributed by atoms with Crippen LogP contribution in [0.4, 0.5) is 5.69 Å². The number of nitrogens with zero attached hydrogens (tertiary/aromatic N) is 1. The van der Waals surface area contributed by atoms with Crippen LogP contribution >= 0.6 is 24.0 Å². The van der Waals surface area contributed by atoms with Gasteiger partial charge in [0, 0.05) is 41.7 Å². The fourth-order valence-corrected chi connectivity index (χ4v) is 3.39. The van der Waals surface area contributed by atoms with Gasteiger partial charge in [-0.05, 0) is 37.1 Å². The van der Waals surface area contributed by atoms with E-state index in [4.69, 9.17) is 17.3 Å². The highest BCUT2D eigenvalue weighted by atomic mass is 35.5. The topological polar surface area (TPSA) is 68.0 Å². The van der Waals surface area contributed by atoms with Crippen LogP contribution < -0.4 is 11.1 Å². The number of carbonyl (C=O) groups excluding carboxylic acids is 1. The van der Waals surface area contributed by atoms with Gasteiger partial charge < -0.3 is 11.1 Å². The molecule has 0 radical (unpaired) electrons. The first-order valence-electron chi connectivity index (χ1n) is 8.22. The van der Waals surface area contributed by atoms with Gasteiger partial charge in [-0.3, -0.25) is 9.78 Å². The Balaban J connectivity index is 0.00000243. The fraction of sp³-hybridized carbons (Fsp3) is 0.300. The Labute approximate surface area is 164 Å². The van der Waals surface area contributed by atoms with Gasteiger partial charge in [-0.15, -0.1) is 24.2 Å². The quantitative estimate of drug-likeness (QED) is 0.756. The van der Waals surface area contributed by atoms with E-state index in [1.54, 1.807) is 0 Å². The summed E-state index contributed by atoms with van der Waals surface area (Å²) < 4.78 is 0. The lowest BCUT2D eigenvalue weighted by atomic mass is 9.72. The molecule has 1 heterocycles. The minimum absolute atomic E-state index is 0. The average molecular weight is 390 g/mol. The highest BCUT2D eigenvalue weighted by Crippen LogP contribution is 2.36. The zero-order valence-corrected chi connectivity index (χ0v) is 16.1. The van der Waals surface area contributed by atoms with Crippen molar-refractivity contribution in [1.29, 1.82) is 0 Å². The average Bonchev–Trinajstić information content (AvgIpc) is 2.60. The first-order chi connectivity index (χ1) is 12.0. The number of pyridine rings is 1. The van der Waals surface area contributed by atoms with E-state index in [1.165, 1.54) is 6.20 Å². The van der Waals surface area contributed by atoms with Crippen molar-refractivity contribution < 1.29 is 4.79 Å². The zero-order valence-electron chi connectivity index (χ0n) is 14.5. The highest BCUT2D eigenvalue weighted by Gasteiger charge is 2.33. The van der Waals surface area contributed by atoms with Crippen LogP contribution in [-0.4, -0.2) is 17.4 Å². The van der Waals surface area contributed by atoms with Crippen molar-refractivity contribution in [2.45, 2.75) is 31.6 Å². The normalized spacial score (nSPS) is 18.2. The molecular weight excluding hydrogens is 369 g/mol. The molecule has 0 saturated carbocycles. The molecule has 6 heteroatoms. The molecule has 0 spiro atoms. The molecule has 26 heavy (non-hydrogen) atoms. The summed E-state index contributed by atoms with van der Waals surface area (Å²) in [4.78, 5) is 15.8. The largest absolute Gasteiger partial charge is 0.383 e. The van der Waals surface area contributed by atoms with Gasteiger partial charge in [0.1, 0.15) is 0 Å². The third-order valence-electron chi connectivity index (χ3n) is 4.64. The molecule has 136 valence electrons. The van der Waals surface area contributed by atoms with E-state index in [9.17, 15) is 4.79 Å². The van der Waals surface area contributed by atoms with Crippen LogP contribution in [0.2, 0.25) is 5.02 Å². The molecule has 1 aromatic carbocycles. The van der Waals surface area contributed by atoms with Gasteiger partial charge in [0.15, 0.2) is 0 Å². The fourth-order valence-electron chi connectivity index (χ4n) is 3.19. The molecule has 3 N–H and O–H groups in total. The smallest absolute Gasteiger partial charge is 0.252 e. The summed E-state index contributed by atoms with van der Waals surface area (Å²) in [5.41, 5.74) is 8.42. The van der Waals surface area contributed by atoms with Gasteiger partial charge in [0.25, 0.3) is 5.91 Å². The van der Waals surface area contributed by atoms with E-state index in [-0.39, 0.29) is 17.8 Å². The maximum atomic E-state index is 11.7. The van der Waals surface area contributed by atoms with E-state index in [1.807, 2.05) is 31.2 Å². The summed E-state index contributed by atoms with van der Waals surface area (Å²) in [5, 5.41) is 4.13. The van der Waals surface area contributed by atoms with E-state index in [0.717, 1.165) is 30.5 Å². The predicted molar refractivity (Wildman–Crippen MR) is 108 cm³/mol. The van der Waals surface area contributed by atoms with E-state index in [2.05, 4.69) is 28.2 Å². The Morgan fingerprint density at radius 2 is 2.19 bits per heavy atom. The molecule has 1 atom stereocenters. The lowest BCUT2D eigenvalue weighted by molar-refractivity contribution is 0.100. The summed E-state index contributed by atoms with van der Waals surface area (Å²) in [6.07, 6.45) is 4.04. The molecule has 1 aromatic heterocycles. The molecule has 1 amide bonds. The summed E-state index contributed by atoms with van der Waals surface area (Å²) >= 11 is 6.20. The van der Waals surface area contributed by atoms with Crippen molar-refractivity contribution in [3.8, 4) is 11.8 Å². The van der Waals surface area contributed by atoms with Gasteiger partial charge in [0.2, 0.25) is 0 Å². The number of primary amides is 1. The van der Waals surface area contributed by atoms with E-state index < -0.39 is 5.91 Å². The van der Waals surface area contributed by atoms with Crippen molar-refractivity contribution in [3.05, 3.63) is 58.4 Å². The Bertz CT molecular complexity index is 873. The molecule has 4 nitrogen and oxygen atoms in total. The van der Waals surface area contributed by atoms with Gasteiger partial charge in [-0.2, -0.15) is 0 Å². The molecule has 3 rings (SSSR count). The molecule has 1 aliphatic carbocycles. The zero-order chi connectivity index (χ0) is 17.9. The van der Waals surface area contributed by atoms with Crippen molar-refractivity contribution >= 4 is 35.6 Å². The number of benzene rings is 1. The number of hydrogen-bond acceptors (Lipinski definition) is 3. The van der Waals surface area contributed by atoms with Gasteiger partial charge >= 0.3 is 0 Å². The molecule has 1 unspecified atom stereocenters. The van der Waals surface area contributed by atoms with E-state index in [0.29, 0.717) is 22.8 Å². The number of aromatic nitrogens is 1. The van der Waals surface area contributed by atoms with Crippen molar-refractivity contribution in [2.75, 3.05) is 11.9 Å². The maximum Gasteiger partial charge on any atom is 0.252 e. The minimum Gasteiger partial charge on any atom is -0.383 e. The Hall–Kier alpha value is -2.22. The third kappa shape index (κ3) is 4.30. The molecule has 1 aliphatic rings.